The molecule has 0 saturated carbocycles. The summed E-state index contributed by atoms with van der Waals surface area (Å²) in [5.74, 6) is -1.62. The highest BCUT2D eigenvalue weighted by Gasteiger charge is 2.47. The van der Waals surface area contributed by atoms with Gasteiger partial charge >= 0.3 is 0 Å². The first-order valence-electron chi connectivity index (χ1n) is 8.51. The maximum Gasteiger partial charge on any atom is 0.300 e. The number of pyridine rings is 1. The third kappa shape index (κ3) is 2.89. The minimum Gasteiger partial charge on any atom is -0.507 e. The summed E-state index contributed by atoms with van der Waals surface area (Å²) in [4.78, 5) is 31.4. The number of carbonyl (C=O) groups is 2. The molecule has 1 atom stereocenters. The van der Waals surface area contributed by atoms with Crippen LogP contribution >= 0.6 is 0 Å². The molecule has 0 radical (unpaired) electrons. The van der Waals surface area contributed by atoms with E-state index in [2.05, 4.69) is 4.98 Å². The van der Waals surface area contributed by atoms with Crippen LogP contribution in [-0.2, 0) is 9.59 Å². The van der Waals surface area contributed by atoms with E-state index in [9.17, 15) is 14.7 Å². The lowest BCUT2D eigenvalue weighted by molar-refractivity contribution is -0.132. The highest BCUT2D eigenvalue weighted by atomic mass is 16.3. The molecule has 1 aromatic heterocycles. The van der Waals surface area contributed by atoms with E-state index in [-0.39, 0.29) is 11.3 Å². The van der Waals surface area contributed by atoms with Crippen LogP contribution in [0.2, 0.25) is 0 Å². The maximum atomic E-state index is 12.9. The van der Waals surface area contributed by atoms with Crippen LogP contribution in [0.1, 0.15) is 17.3 Å². The SMILES string of the molecule is O=C1C(=O)N(c2ccccc2)C(c2ccccn2)/C1=C(/O)c1ccccc1. The molecule has 1 amide bonds. The van der Waals surface area contributed by atoms with Crippen LogP contribution in [0.4, 0.5) is 5.69 Å². The van der Waals surface area contributed by atoms with E-state index in [1.54, 1.807) is 72.9 Å². The minimum atomic E-state index is -0.797. The molecule has 3 aromatic rings. The molecule has 2 heterocycles. The Bertz CT molecular complexity index is 1020. The standard InChI is InChI=1S/C22H16N2O3/c25-20(15-9-3-1-4-10-15)18-19(17-13-7-8-14-23-17)24(22(27)21(18)26)16-11-5-2-6-12-16/h1-14,19,25H/b20-18-. The van der Waals surface area contributed by atoms with Gasteiger partial charge in [-0.15, -0.1) is 0 Å². The van der Waals surface area contributed by atoms with Gasteiger partial charge < -0.3 is 5.11 Å². The Morgan fingerprint density at radius 1 is 0.852 bits per heavy atom. The average molecular weight is 356 g/mol. The van der Waals surface area contributed by atoms with Gasteiger partial charge in [0.25, 0.3) is 11.7 Å². The fraction of sp³-hybridized carbons (Fsp3) is 0.0455. The van der Waals surface area contributed by atoms with E-state index < -0.39 is 17.7 Å². The third-order valence-corrected chi connectivity index (χ3v) is 4.49. The Morgan fingerprint density at radius 2 is 1.48 bits per heavy atom. The number of para-hydroxylation sites is 1. The van der Waals surface area contributed by atoms with E-state index in [0.717, 1.165) is 0 Å². The van der Waals surface area contributed by atoms with Crippen molar-refractivity contribution in [2.24, 2.45) is 0 Å². The largest absolute Gasteiger partial charge is 0.507 e. The molecule has 2 aromatic carbocycles. The van der Waals surface area contributed by atoms with Crippen molar-refractivity contribution in [1.82, 2.24) is 4.98 Å². The van der Waals surface area contributed by atoms with Gasteiger partial charge in [-0.05, 0) is 24.3 Å². The van der Waals surface area contributed by atoms with Gasteiger partial charge in [-0.25, -0.2) is 0 Å². The van der Waals surface area contributed by atoms with Gasteiger partial charge in [0.1, 0.15) is 11.8 Å². The smallest absolute Gasteiger partial charge is 0.300 e. The van der Waals surface area contributed by atoms with E-state index in [1.165, 1.54) is 4.90 Å². The first-order chi connectivity index (χ1) is 13.2. The molecule has 0 bridgehead atoms. The Morgan fingerprint density at radius 3 is 2.11 bits per heavy atom. The third-order valence-electron chi connectivity index (χ3n) is 4.49. The van der Waals surface area contributed by atoms with Crippen molar-refractivity contribution in [2.75, 3.05) is 4.90 Å². The quantitative estimate of drug-likeness (QED) is 0.441. The molecule has 1 fully saturated rings. The molecule has 27 heavy (non-hydrogen) atoms. The van der Waals surface area contributed by atoms with Crippen molar-refractivity contribution in [3.8, 4) is 0 Å². The fourth-order valence-electron chi connectivity index (χ4n) is 3.26. The van der Waals surface area contributed by atoms with Gasteiger partial charge in [0.05, 0.1) is 11.3 Å². The zero-order valence-electron chi connectivity index (χ0n) is 14.3. The van der Waals surface area contributed by atoms with E-state index >= 15 is 0 Å². The Kier molecular flexibility index (Phi) is 4.26. The number of aliphatic hydroxyl groups excluding tert-OH is 1. The molecule has 1 aliphatic rings. The normalized spacial score (nSPS) is 18.7. The number of aromatic nitrogens is 1. The number of rotatable bonds is 3. The zero-order valence-corrected chi connectivity index (χ0v) is 14.3. The highest BCUT2D eigenvalue weighted by molar-refractivity contribution is 6.51. The predicted molar refractivity (Wildman–Crippen MR) is 102 cm³/mol. The number of carbonyl (C=O) groups excluding carboxylic acids is 2. The maximum absolute atomic E-state index is 12.9. The highest BCUT2D eigenvalue weighted by Crippen LogP contribution is 2.41. The summed E-state index contributed by atoms with van der Waals surface area (Å²) in [6.07, 6.45) is 1.60. The topological polar surface area (TPSA) is 70.5 Å². The van der Waals surface area contributed by atoms with Crippen LogP contribution in [0.15, 0.2) is 90.6 Å². The van der Waals surface area contributed by atoms with Crippen LogP contribution in [0.5, 0.6) is 0 Å². The number of hydrogen-bond donors (Lipinski definition) is 1. The summed E-state index contributed by atoms with van der Waals surface area (Å²) >= 11 is 0. The number of ketones is 1. The van der Waals surface area contributed by atoms with E-state index in [1.807, 2.05) is 12.1 Å². The lowest BCUT2D eigenvalue weighted by Crippen LogP contribution is -2.29. The minimum absolute atomic E-state index is 0.0359. The van der Waals surface area contributed by atoms with Crippen LogP contribution < -0.4 is 4.90 Å². The first-order valence-corrected chi connectivity index (χ1v) is 8.51. The average Bonchev–Trinajstić information content (AvgIpc) is 3.00. The molecule has 5 heteroatoms. The molecule has 5 nitrogen and oxygen atoms in total. The molecular weight excluding hydrogens is 340 g/mol. The van der Waals surface area contributed by atoms with Crippen molar-refractivity contribution < 1.29 is 14.7 Å². The van der Waals surface area contributed by atoms with Crippen LogP contribution in [0, 0.1) is 0 Å². The number of amides is 1. The van der Waals surface area contributed by atoms with Gasteiger partial charge in [-0.2, -0.15) is 0 Å². The van der Waals surface area contributed by atoms with Gasteiger partial charge in [0, 0.05) is 17.4 Å². The predicted octanol–water partition coefficient (Wildman–Crippen LogP) is 3.71. The van der Waals surface area contributed by atoms with Crippen LogP contribution in [0.25, 0.3) is 5.76 Å². The van der Waals surface area contributed by atoms with Crippen molar-refractivity contribution in [1.29, 1.82) is 0 Å². The van der Waals surface area contributed by atoms with Crippen molar-refractivity contribution in [3.63, 3.8) is 0 Å². The van der Waals surface area contributed by atoms with Crippen molar-refractivity contribution in [2.45, 2.75) is 6.04 Å². The summed E-state index contributed by atoms with van der Waals surface area (Å²) < 4.78 is 0. The summed E-state index contributed by atoms with van der Waals surface area (Å²) in [5.41, 5.74) is 1.60. The number of anilines is 1. The molecular formula is C22H16N2O3. The lowest BCUT2D eigenvalue weighted by atomic mass is 9.98. The van der Waals surface area contributed by atoms with Crippen molar-refractivity contribution >= 4 is 23.1 Å². The van der Waals surface area contributed by atoms with E-state index in [0.29, 0.717) is 16.9 Å². The Balaban J connectivity index is 1.95. The van der Waals surface area contributed by atoms with Crippen LogP contribution in [0.3, 0.4) is 0 Å². The zero-order chi connectivity index (χ0) is 18.8. The molecule has 1 aliphatic heterocycles. The first kappa shape index (κ1) is 16.7. The lowest BCUT2D eigenvalue weighted by Gasteiger charge is -2.24. The van der Waals surface area contributed by atoms with Gasteiger partial charge in [0.2, 0.25) is 0 Å². The summed E-state index contributed by atoms with van der Waals surface area (Å²) in [5, 5.41) is 10.9. The van der Waals surface area contributed by atoms with E-state index in [4.69, 9.17) is 0 Å². The Hall–Kier alpha value is -3.73. The number of aliphatic hydroxyl groups is 1. The molecule has 4 rings (SSSR count). The van der Waals surface area contributed by atoms with Crippen LogP contribution in [-0.4, -0.2) is 21.8 Å². The molecule has 1 N–H and O–H groups in total. The second kappa shape index (κ2) is 6.88. The molecule has 132 valence electrons. The second-order valence-corrected chi connectivity index (χ2v) is 6.13. The summed E-state index contributed by atoms with van der Waals surface area (Å²) in [6.45, 7) is 0. The number of hydrogen-bond acceptors (Lipinski definition) is 4. The van der Waals surface area contributed by atoms with Gasteiger partial charge in [0.15, 0.2) is 0 Å². The van der Waals surface area contributed by atoms with Gasteiger partial charge in [-0.3, -0.25) is 19.5 Å². The summed E-state index contributed by atoms with van der Waals surface area (Å²) in [7, 11) is 0. The van der Waals surface area contributed by atoms with Crippen molar-refractivity contribution in [3.05, 3.63) is 102 Å². The van der Waals surface area contributed by atoms with Gasteiger partial charge in [-0.1, -0.05) is 54.6 Å². The number of Topliss-reactive ketones (excluding diaryl/α,β-unsaturated/α-hetero) is 1. The number of nitrogens with zero attached hydrogens (tertiary/aromatic N) is 2. The molecule has 0 spiro atoms. The Labute approximate surface area is 156 Å². The molecule has 0 aliphatic carbocycles. The summed E-state index contributed by atoms with van der Waals surface area (Å²) in [6, 6.07) is 22.1. The molecule has 1 saturated heterocycles. The molecule has 1 unspecified atom stereocenters. The second-order valence-electron chi connectivity index (χ2n) is 6.13. The number of benzene rings is 2. The fourth-order valence-corrected chi connectivity index (χ4v) is 3.26. The monoisotopic (exact) mass is 356 g/mol.